The van der Waals surface area contributed by atoms with Crippen LogP contribution in [-0.2, 0) is 13.5 Å². The van der Waals surface area contributed by atoms with Crippen molar-refractivity contribution in [1.29, 1.82) is 5.26 Å². The number of hydrogen-bond acceptors (Lipinski definition) is 3. The van der Waals surface area contributed by atoms with Gasteiger partial charge in [0.25, 0.3) is 0 Å². The summed E-state index contributed by atoms with van der Waals surface area (Å²) in [7, 11) is 2.06. The first-order valence-corrected chi connectivity index (χ1v) is 6.84. The number of aromatic nitrogens is 2. The molecule has 98 valence electrons. The van der Waals surface area contributed by atoms with E-state index in [0.717, 1.165) is 36.4 Å². The van der Waals surface area contributed by atoms with Crippen molar-refractivity contribution in [2.24, 2.45) is 13.0 Å². The summed E-state index contributed by atoms with van der Waals surface area (Å²) in [6.07, 6.45) is 3.55. The molecule has 0 saturated carbocycles. The van der Waals surface area contributed by atoms with Crippen LogP contribution in [0.5, 0.6) is 0 Å². The van der Waals surface area contributed by atoms with Gasteiger partial charge in [-0.05, 0) is 50.0 Å². The Kier molecular flexibility index (Phi) is 3.22. The maximum atomic E-state index is 8.94. The van der Waals surface area contributed by atoms with Crippen molar-refractivity contribution in [3.05, 3.63) is 29.6 Å². The molecule has 1 aliphatic rings. The average Bonchev–Trinajstić information content (AvgIpc) is 2.76. The van der Waals surface area contributed by atoms with Gasteiger partial charge in [-0.2, -0.15) is 5.26 Å². The Morgan fingerprint density at radius 1 is 1.53 bits per heavy atom. The number of rotatable bonds is 2. The van der Waals surface area contributed by atoms with Crippen LogP contribution >= 0.6 is 0 Å². The maximum Gasteiger partial charge on any atom is 0.109 e. The van der Waals surface area contributed by atoms with Gasteiger partial charge in [-0.3, -0.25) is 0 Å². The summed E-state index contributed by atoms with van der Waals surface area (Å²) in [5, 5.41) is 12.4. The molecule has 0 spiro atoms. The van der Waals surface area contributed by atoms with Crippen molar-refractivity contribution in [3.63, 3.8) is 0 Å². The van der Waals surface area contributed by atoms with Crippen LogP contribution in [-0.4, -0.2) is 22.6 Å². The van der Waals surface area contributed by atoms with Gasteiger partial charge in [-0.15, -0.1) is 0 Å². The normalized spacial score (nSPS) is 19.5. The molecule has 0 amide bonds. The van der Waals surface area contributed by atoms with Crippen LogP contribution in [0.1, 0.15) is 24.2 Å². The van der Waals surface area contributed by atoms with E-state index in [9.17, 15) is 0 Å². The molecule has 19 heavy (non-hydrogen) atoms. The van der Waals surface area contributed by atoms with E-state index in [1.54, 1.807) is 0 Å². The Morgan fingerprint density at radius 2 is 2.42 bits per heavy atom. The fourth-order valence-corrected chi connectivity index (χ4v) is 2.86. The number of benzene rings is 1. The second-order valence-corrected chi connectivity index (χ2v) is 5.32. The number of piperidine rings is 1. The molecule has 4 heteroatoms. The maximum absolute atomic E-state index is 8.94. The minimum Gasteiger partial charge on any atom is -0.331 e. The zero-order chi connectivity index (χ0) is 13.2. The van der Waals surface area contributed by atoms with Crippen LogP contribution < -0.4 is 5.32 Å². The van der Waals surface area contributed by atoms with E-state index in [1.165, 1.54) is 12.8 Å². The lowest BCUT2D eigenvalue weighted by Gasteiger charge is -2.22. The molecule has 2 aromatic rings. The van der Waals surface area contributed by atoms with Gasteiger partial charge in [-0.1, -0.05) is 0 Å². The van der Waals surface area contributed by atoms with Gasteiger partial charge in [0.1, 0.15) is 5.82 Å². The second kappa shape index (κ2) is 5.02. The van der Waals surface area contributed by atoms with Crippen LogP contribution in [0.2, 0.25) is 0 Å². The number of imidazole rings is 1. The molecule has 1 fully saturated rings. The van der Waals surface area contributed by atoms with E-state index < -0.39 is 0 Å². The fourth-order valence-electron chi connectivity index (χ4n) is 2.86. The summed E-state index contributed by atoms with van der Waals surface area (Å²) in [5.41, 5.74) is 2.72. The highest BCUT2D eigenvalue weighted by Crippen LogP contribution is 2.21. The van der Waals surface area contributed by atoms with Gasteiger partial charge in [0.2, 0.25) is 0 Å². The minimum atomic E-state index is 0.677. The Hall–Kier alpha value is -1.86. The van der Waals surface area contributed by atoms with Crippen LogP contribution in [0.25, 0.3) is 11.0 Å². The van der Waals surface area contributed by atoms with Crippen molar-refractivity contribution in [2.75, 3.05) is 13.1 Å². The first-order chi connectivity index (χ1) is 9.28. The highest BCUT2D eigenvalue weighted by Gasteiger charge is 2.17. The summed E-state index contributed by atoms with van der Waals surface area (Å²) in [6, 6.07) is 7.89. The van der Waals surface area contributed by atoms with Gasteiger partial charge >= 0.3 is 0 Å². The molecule has 1 N–H and O–H groups in total. The number of nitrogens with zero attached hydrogens (tertiary/aromatic N) is 3. The zero-order valence-electron chi connectivity index (χ0n) is 11.2. The van der Waals surface area contributed by atoms with E-state index in [4.69, 9.17) is 10.2 Å². The Bertz CT molecular complexity index is 629. The van der Waals surface area contributed by atoms with Gasteiger partial charge in [0, 0.05) is 13.5 Å². The summed E-state index contributed by atoms with van der Waals surface area (Å²) >= 11 is 0. The van der Waals surface area contributed by atoms with E-state index in [-0.39, 0.29) is 0 Å². The molecule has 2 heterocycles. The quantitative estimate of drug-likeness (QED) is 0.891. The van der Waals surface area contributed by atoms with Gasteiger partial charge in [0.05, 0.1) is 22.7 Å². The molecule has 0 bridgehead atoms. The zero-order valence-corrected chi connectivity index (χ0v) is 11.2. The molecule has 4 nitrogen and oxygen atoms in total. The van der Waals surface area contributed by atoms with E-state index in [0.29, 0.717) is 11.5 Å². The number of nitrogens with one attached hydrogen (secondary N) is 1. The number of fused-ring (bicyclic) bond motifs is 1. The third-order valence-corrected chi connectivity index (χ3v) is 3.97. The Morgan fingerprint density at radius 3 is 3.16 bits per heavy atom. The molecule has 1 saturated heterocycles. The van der Waals surface area contributed by atoms with Crippen LogP contribution in [0.15, 0.2) is 18.2 Å². The average molecular weight is 254 g/mol. The van der Waals surface area contributed by atoms with Crippen molar-refractivity contribution in [2.45, 2.75) is 19.3 Å². The monoisotopic (exact) mass is 254 g/mol. The third kappa shape index (κ3) is 2.34. The smallest absolute Gasteiger partial charge is 0.109 e. The second-order valence-electron chi connectivity index (χ2n) is 5.32. The predicted octanol–water partition coefficient (Wildman–Crippen LogP) is 1.99. The lowest BCUT2D eigenvalue weighted by atomic mass is 9.96. The Labute approximate surface area is 113 Å². The number of aryl methyl sites for hydroxylation is 1. The van der Waals surface area contributed by atoms with Gasteiger partial charge in [0.15, 0.2) is 0 Å². The molecular weight excluding hydrogens is 236 g/mol. The first kappa shape index (κ1) is 12.2. The SMILES string of the molecule is Cn1c(CC2CCCNC2)nc2cc(C#N)ccc21. The lowest BCUT2D eigenvalue weighted by molar-refractivity contribution is 0.368. The number of hydrogen-bond donors (Lipinski definition) is 1. The van der Waals surface area contributed by atoms with Crippen molar-refractivity contribution in [3.8, 4) is 6.07 Å². The van der Waals surface area contributed by atoms with Crippen molar-refractivity contribution < 1.29 is 0 Å². The molecule has 1 aromatic carbocycles. The molecular formula is C15H18N4. The van der Waals surface area contributed by atoms with Crippen molar-refractivity contribution in [1.82, 2.24) is 14.9 Å². The van der Waals surface area contributed by atoms with Crippen molar-refractivity contribution >= 4 is 11.0 Å². The fraction of sp³-hybridized carbons (Fsp3) is 0.467. The summed E-state index contributed by atoms with van der Waals surface area (Å²) in [6.45, 7) is 2.23. The highest BCUT2D eigenvalue weighted by atomic mass is 15.1. The molecule has 3 rings (SSSR count). The molecule has 1 unspecified atom stereocenters. The van der Waals surface area contributed by atoms with Crippen LogP contribution in [0.3, 0.4) is 0 Å². The third-order valence-electron chi connectivity index (χ3n) is 3.97. The largest absolute Gasteiger partial charge is 0.331 e. The molecule has 0 radical (unpaired) electrons. The standard InChI is InChI=1S/C15H18N4/c1-19-14-5-4-11(9-16)7-13(14)18-15(19)8-12-3-2-6-17-10-12/h4-5,7,12,17H,2-3,6,8,10H2,1H3. The summed E-state index contributed by atoms with van der Waals surface area (Å²) < 4.78 is 2.16. The predicted molar refractivity (Wildman–Crippen MR) is 74.7 cm³/mol. The van der Waals surface area contributed by atoms with Crippen LogP contribution in [0, 0.1) is 17.2 Å². The molecule has 1 aliphatic heterocycles. The lowest BCUT2D eigenvalue weighted by Crippen LogP contribution is -2.31. The summed E-state index contributed by atoms with van der Waals surface area (Å²) in [4.78, 5) is 4.70. The highest BCUT2D eigenvalue weighted by molar-refractivity contribution is 5.77. The van der Waals surface area contributed by atoms with E-state index >= 15 is 0 Å². The van der Waals surface area contributed by atoms with Gasteiger partial charge < -0.3 is 9.88 Å². The minimum absolute atomic E-state index is 0.677. The van der Waals surface area contributed by atoms with Gasteiger partial charge in [-0.25, -0.2) is 4.98 Å². The van der Waals surface area contributed by atoms with E-state index in [2.05, 4.69) is 23.0 Å². The molecule has 1 aromatic heterocycles. The summed E-state index contributed by atoms with van der Waals surface area (Å²) in [5.74, 6) is 1.80. The van der Waals surface area contributed by atoms with E-state index in [1.807, 2.05) is 18.2 Å². The van der Waals surface area contributed by atoms with Crippen LogP contribution in [0.4, 0.5) is 0 Å². The molecule has 0 aliphatic carbocycles. The number of nitriles is 1. The first-order valence-electron chi connectivity index (χ1n) is 6.84. The topological polar surface area (TPSA) is 53.6 Å². The Balaban J connectivity index is 1.91. The molecule has 1 atom stereocenters.